The molecule has 1 amide bonds. The molecule has 2 aromatic heterocycles. The maximum Gasteiger partial charge on any atom is 0.257 e. The fourth-order valence-electron chi connectivity index (χ4n) is 3.87. The Morgan fingerprint density at radius 1 is 1.41 bits per heavy atom. The molecule has 6 heteroatoms. The molecule has 1 saturated heterocycles. The molecule has 3 heterocycles. The summed E-state index contributed by atoms with van der Waals surface area (Å²) in [5.74, 6) is 0.648. The first-order valence-electron chi connectivity index (χ1n) is 9.56. The van der Waals surface area contributed by atoms with Crippen molar-refractivity contribution in [2.75, 3.05) is 18.4 Å². The molecule has 1 atom stereocenters. The summed E-state index contributed by atoms with van der Waals surface area (Å²) in [6, 6.07) is 5.78. The van der Waals surface area contributed by atoms with Crippen LogP contribution in [-0.4, -0.2) is 33.9 Å². The van der Waals surface area contributed by atoms with Crippen molar-refractivity contribution in [1.82, 2.24) is 14.9 Å². The number of fused-ring (bicyclic) bond motifs is 1. The molecule has 0 bridgehead atoms. The van der Waals surface area contributed by atoms with Crippen molar-refractivity contribution in [3.63, 3.8) is 0 Å². The predicted octanol–water partition coefficient (Wildman–Crippen LogP) is 4.73. The van der Waals surface area contributed by atoms with Crippen LogP contribution in [0.15, 0.2) is 23.6 Å². The summed E-state index contributed by atoms with van der Waals surface area (Å²) in [6.45, 7) is 9.57. The number of nitrogens with zero attached hydrogens (tertiary/aromatic N) is 2. The van der Waals surface area contributed by atoms with Gasteiger partial charge >= 0.3 is 0 Å². The minimum Gasteiger partial charge on any atom is -0.358 e. The number of H-pyrrole nitrogens is 1. The zero-order valence-corrected chi connectivity index (χ0v) is 16.9. The lowest BCUT2D eigenvalue weighted by Crippen LogP contribution is -2.33. The van der Waals surface area contributed by atoms with Crippen LogP contribution in [0, 0.1) is 19.8 Å². The van der Waals surface area contributed by atoms with E-state index in [0.717, 1.165) is 47.8 Å². The molecule has 0 aliphatic carbocycles. The number of aromatic nitrogens is 2. The number of anilines is 1. The molecule has 1 aliphatic rings. The molecule has 0 spiro atoms. The van der Waals surface area contributed by atoms with E-state index in [0.29, 0.717) is 10.7 Å². The normalized spacial score (nSPS) is 18.1. The molecule has 0 saturated carbocycles. The summed E-state index contributed by atoms with van der Waals surface area (Å²) < 4.78 is 0. The highest BCUT2D eigenvalue weighted by atomic mass is 32.1. The fraction of sp³-hybridized carbons (Fsp3) is 0.429. The van der Waals surface area contributed by atoms with Gasteiger partial charge in [0.15, 0.2) is 5.13 Å². The average molecular weight is 383 g/mol. The van der Waals surface area contributed by atoms with E-state index in [1.165, 1.54) is 29.7 Å². The molecule has 1 aliphatic heterocycles. The van der Waals surface area contributed by atoms with Gasteiger partial charge in [0, 0.05) is 40.6 Å². The van der Waals surface area contributed by atoms with E-state index in [1.54, 1.807) is 0 Å². The van der Waals surface area contributed by atoms with Gasteiger partial charge in [-0.3, -0.25) is 15.0 Å². The number of rotatable bonds is 4. The van der Waals surface area contributed by atoms with E-state index < -0.39 is 0 Å². The van der Waals surface area contributed by atoms with Crippen LogP contribution in [0.3, 0.4) is 0 Å². The van der Waals surface area contributed by atoms with E-state index >= 15 is 0 Å². The Hall–Kier alpha value is -2.18. The van der Waals surface area contributed by atoms with Gasteiger partial charge in [-0.15, -0.1) is 11.3 Å². The smallest absolute Gasteiger partial charge is 0.257 e. The molecule has 4 rings (SSSR count). The third-order valence-electron chi connectivity index (χ3n) is 5.47. The van der Waals surface area contributed by atoms with Crippen molar-refractivity contribution in [2.45, 2.75) is 40.2 Å². The number of carbonyl (C=O) groups is 1. The SMILES string of the molecule is Cc1[nH]c2ccc(C(=O)Nc3nc(CN4CCCC(C)C4)cs3)cc2c1C. The van der Waals surface area contributed by atoms with Crippen molar-refractivity contribution < 1.29 is 4.79 Å². The van der Waals surface area contributed by atoms with E-state index in [9.17, 15) is 4.79 Å². The zero-order chi connectivity index (χ0) is 19.0. The number of benzene rings is 1. The number of hydrogen-bond acceptors (Lipinski definition) is 4. The number of thiazole rings is 1. The van der Waals surface area contributed by atoms with Crippen LogP contribution in [0.2, 0.25) is 0 Å². The Bertz CT molecular complexity index is 974. The predicted molar refractivity (Wildman–Crippen MR) is 112 cm³/mol. The second-order valence-corrected chi connectivity index (χ2v) is 8.57. The largest absolute Gasteiger partial charge is 0.358 e. The van der Waals surface area contributed by atoms with Crippen LogP contribution in [-0.2, 0) is 6.54 Å². The minimum atomic E-state index is -0.109. The molecule has 142 valence electrons. The second-order valence-electron chi connectivity index (χ2n) is 7.72. The number of piperidine rings is 1. The van der Waals surface area contributed by atoms with Crippen molar-refractivity contribution >= 4 is 33.3 Å². The monoisotopic (exact) mass is 382 g/mol. The lowest BCUT2D eigenvalue weighted by Gasteiger charge is -2.30. The molecule has 0 radical (unpaired) electrons. The van der Waals surface area contributed by atoms with Crippen LogP contribution < -0.4 is 5.32 Å². The summed E-state index contributed by atoms with van der Waals surface area (Å²) in [6.07, 6.45) is 2.58. The Morgan fingerprint density at radius 3 is 3.07 bits per heavy atom. The quantitative estimate of drug-likeness (QED) is 0.686. The van der Waals surface area contributed by atoms with E-state index in [2.05, 4.69) is 46.3 Å². The van der Waals surface area contributed by atoms with Gasteiger partial charge < -0.3 is 4.98 Å². The standard InChI is InChI=1S/C21H26N4OS/c1-13-5-4-8-25(10-13)11-17-12-27-21(23-17)24-20(26)16-6-7-19-18(9-16)14(2)15(3)22-19/h6-7,9,12-13,22H,4-5,8,10-11H2,1-3H3,(H,23,24,26). The maximum absolute atomic E-state index is 12.7. The number of carbonyl (C=O) groups excluding carboxylic acids is 1. The van der Waals surface area contributed by atoms with Crippen molar-refractivity contribution in [3.8, 4) is 0 Å². The van der Waals surface area contributed by atoms with E-state index in [-0.39, 0.29) is 5.91 Å². The molecular formula is C21H26N4OS. The fourth-order valence-corrected chi connectivity index (χ4v) is 4.56. The van der Waals surface area contributed by atoms with Crippen molar-refractivity contribution in [2.24, 2.45) is 5.92 Å². The number of aryl methyl sites for hydroxylation is 2. The lowest BCUT2D eigenvalue weighted by atomic mass is 10.0. The number of nitrogens with one attached hydrogen (secondary N) is 2. The Balaban J connectivity index is 1.44. The maximum atomic E-state index is 12.7. The van der Waals surface area contributed by atoms with Gasteiger partial charge in [0.2, 0.25) is 0 Å². The summed E-state index contributed by atoms with van der Waals surface area (Å²) >= 11 is 1.50. The molecular weight excluding hydrogens is 356 g/mol. The summed E-state index contributed by atoms with van der Waals surface area (Å²) in [4.78, 5) is 23.1. The van der Waals surface area contributed by atoms with Crippen LogP contribution in [0.5, 0.6) is 0 Å². The minimum absolute atomic E-state index is 0.109. The van der Waals surface area contributed by atoms with Gasteiger partial charge in [0.1, 0.15) is 0 Å². The molecule has 2 N–H and O–H groups in total. The highest BCUT2D eigenvalue weighted by Gasteiger charge is 2.18. The first-order valence-corrected chi connectivity index (χ1v) is 10.4. The van der Waals surface area contributed by atoms with Crippen LogP contribution >= 0.6 is 11.3 Å². The van der Waals surface area contributed by atoms with Crippen LogP contribution in [0.4, 0.5) is 5.13 Å². The van der Waals surface area contributed by atoms with Crippen LogP contribution in [0.25, 0.3) is 10.9 Å². The summed E-state index contributed by atoms with van der Waals surface area (Å²) in [5, 5.41) is 6.77. The Kier molecular flexibility index (Phi) is 5.02. The number of aromatic amines is 1. The van der Waals surface area contributed by atoms with Gasteiger partial charge in [-0.2, -0.15) is 0 Å². The van der Waals surface area contributed by atoms with Crippen LogP contribution in [0.1, 0.15) is 47.1 Å². The topological polar surface area (TPSA) is 61.0 Å². The molecule has 5 nitrogen and oxygen atoms in total. The third kappa shape index (κ3) is 3.92. The Morgan fingerprint density at radius 2 is 2.26 bits per heavy atom. The van der Waals surface area contributed by atoms with Crippen molar-refractivity contribution in [1.29, 1.82) is 0 Å². The second kappa shape index (κ2) is 7.44. The van der Waals surface area contributed by atoms with Gasteiger partial charge in [-0.1, -0.05) is 6.92 Å². The summed E-state index contributed by atoms with van der Waals surface area (Å²) in [7, 11) is 0. The zero-order valence-electron chi connectivity index (χ0n) is 16.1. The average Bonchev–Trinajstić information content (AvgIpc) is 3.19. The van der Waals surface area contributed by atoms with Gasteiger partial charge in [0.05, 0.1) is 5.69 Å². The highest BCUT2D eigenvalue weighted by Crippen LogP contribution is 2.24. The number of amides is 1. The van der Waals surface area contributed by atoms with E-state index in [4.69, 9.17) is 0 Å². The Labute approximate surface area is 163 Å². The molecule has 1 unspecified atom stereocenters. The molecule has 3 aromatic rings. The van der Waals surface area contributed by atoms with Gasteiger partial charge in [-0.05, 0) is 62.9 Å². The first kappa shape index (κ1) is 18.2. The first-order chi connectivity index (χ1) is 13.0. The third-order valence-corrected chi connectivity index (χ3v) is 6.28. The van der Waals surface area contributed by atoms with Crippen molar-refractivity contribution in [3.05, 3.63) is 46.1 Å². The molecule has 1 aromatic carbocycles. The lowest BCUT2D eigenvalue weighted by molar-refractivity contribution is 0.102. The number of likely N-dealkylation sites (tertiary alicyclic amines) is 1. The molecule has 1 fully saturated rings. The van der Waals surface area contributed by atoms with Gasteiger partial charge in [-0.25, -0.2) is 4.98 Å². The number of hydrogen-bond donors (Lipinski definition) is 2. The molecule has 27 heavy (non-hydrogen) atoms. The highest BCUT2D eigenvalue weighted by molar-refractivity contribution is 7.14. The van der Waals surface area contributed by atoms with E-state index in [1.807, 2.05) is 18.2 Å². The van der Waals surface area contributed by atoms with Gasteiger partial charge in [0.25, 0.3) is 5.91 Å². The summed E-state index contributed by atoms with van der Waals surface area (Å²) in [5.41, 5.74) is 5.09.